The summed E-state index contributed by atoms with van der Waals surface area (Å²) in [7, 11) is 0. The zero-order valence-electron chi connectivity index (χ0n) is 14.2. The fourth-order valence-electron chi connectivity index (χ4n) is 3.35. The van der Waals surface area contributed by atoms with Gasteiger partial charge in [-0.1, -0.05) is 42.5 Å². The minimum atomic E-state index is -4.30. The van der Waals surface area contributed by atoms with E-state index in [1.807, 2.05) is 23.1 Å². The number of hydrogen-bond donors (Lipinski definition) is 0. The zero-order chi connectivity index (χ0) is 17.7. The van der Waals surface area contributed by atoms with Crippen LogP contribution >= 0.6 is 0 Å². The Morgan fingerprint density at radius 1 is 0.800 bits per heavy atom. The first-order chi connectivity index (χ1) is 12.0. The SMILES string of the molecule is FC(F)(F)c1ccccc1N1CCN(CCCc2ccccc2)CC1. The molecule has 0 saturated carbocycles. The van der Waals surface area contributed by atoms with Crippen LogP contribution in [0.2, 0.25) is 0 Å². The molecule has 1 heterocycles. The van der Waals surface area contributed by atoms with E-state index in [1.54, 1.807) is 12.1 Å². The van der Waals surface area contributed by atoms with Crippen LogP contribution in [0.15, 0.2) is 54.6 Å². The first-order valence-corrected chi connectivity index (χ1v) is 8.71. The highest BCUT2D eigenvalue weighted by atomic mass is 19.4. The van der Waals surface area contributed by atoms with Gasteiger partial charge in [-0.05, 0) is 37.1 Å². The average Bonchev–Trinajstić information content (AvgIpc) is 2.63. The van der Waals surface area contributed by atoms with Crippen LogP contribution in [0.1, 0.15) is 17.5 Å². The Morgan fingerprint density at radius 2 is 1.44 bits per heavy atom. The van der Waals surface area contributed by atoms with Gasteiger partial charge in [0.05, 0.1) is 5.56 Å². The van der Waals surface area contributed by atoms with E-state index in [1.165, 1.54) is 17.7 Å². The smallest absolute Gasteiger partial charge is 0.368 e. The molecule has 1 aliphatic heterocycles. The predicted octanol–water partition coefficient (Wildman–Crippen LogP) is 4.46. The number of aryl methyl sites for hydroxylation is 1. The molecule has 0 amide bonds. The Balaban J connectivity index is 1.51. The number of piperazine rings is 1. The molecule has 25 heavy (non-hydrogen) atoms. The highest BCUT2D eigenvalue weighted by Crippen LogP contribution is 2.36. The molecular formula is C20H23F3N2. The van der Waals surface area contributed by atoms with Crippen molar-refractivity contribution in [2.45, 2.75) is 19.0 Å². The van der Waals surface area contributed by atoms with Crippen molar-refractivity contribution in [3.05, 3.63) is 65.7 Å². The molecule has 2 aromatic carbocycles. The zero-order valence-corrected chi connectivity index (χ0v) is 14.2. The summed E-state index contributed by atoms with van der Waals surface area (Å²) in [6, 6.07) is 16.2. The first-order valence-electron chi connectivity index (χ1n) is 8.71. The maximum atomic E-state index is 13.2. The van der Waals surface area contributed by atoms with Gasteiger partial charge in [0, 0.05) is 31.9 Å². The van der Waals surface area contributed by atoms with Gasteiger partial charge in [0.1, 0.15) is 0 Å². The lowest BCUT2D eigenvalue weighted by Crippen LogP contribution is -2.47. The maximum absolute atomic E-state index is 13.2. The molecule has 2 aromatic rings. The number of halogens is 3. The number of benzene rings is 2. The minimum absolute atomic E-state index is 0.305. The van der Waals surface area contributed by atoms with E-state index in [-0.39, 0.29) is 0 Å². The van der Waals surface area contributed by atoms with E-state index >= 15 is 0 Å². The Hall–Kier alpha value is -2.01. The lowest BCUT2D eigenvalue weighted by molar-refractivity contribution is -0.137. The first kappa shape index (κ1) is 17.8. The summed E-state index contributed by atoms with van der Waals surface area (Å²) < 4.78 is 39.5. The van der Waals surface area contributed by atoms with Gasteiger partial charge in [0.2, 0.25) is 0 Å². The molecule has 0 bridgehead atoms. The summed E-state index contributed by atoms with van der Waals surface area (Å²) in [6.07, 6.45) is -2.19. The van der Waals surface area contributed by atoms with Gasteiger partial charge in [-0.15, -0.1) is 0 Å². The summed E-state index contributed by atoms with van der Waals surface area (Å²) >= 11 is 0. The third-order valence-corrected chi connectivity index (χ3v) is 4.71. The third-order valence-electron chi connectivity index (χ3n) is 4.71. The molecule has 1 aliphatic rings. The second kappa shape index (κ2) is 7.91. The van der Waals surface area contributed by atoms with Crippen LogP contribution in [0.4, 0.5) is 18.9 Å². The lowest BCUT2D eigenvalue weighted by Gasteiger charge is -2.37. The van der Waals surface area contributed by atoms with Gasteiger partial charge in [0.15, 0.2) is 0 Å². The van der Waals surface area contributed by atoms with E-state index in [2.05, 4.69) is 17.0 Å². The average molecular weight is 348 g/mol. The largest absolute Gasteiger partial charge is 0.418 e. The number of alkyl halides is 3. The van der Waals surface area contributed by atoms with Crippen molar-refractivity contribution in [1.82, 2.24) is 4.90 Å². The Kier molecular flexibility index (Phi) is 5.63. The van der Waals surface area contributed by atoms with Crippen molar-refractivity contribution >= 4 is 5.69 Å². The van der Waals surface area contributed by atoms with Crippen molar-refractivity contribution in [3.63, 3.8) is 0 Å². The van der Waals surface area contributed by atoms with Gasteiger partial charge in [-0.3, -0.25) is 4.90 Å². The molecule has 0 radical (unpaired) electrons. The van der Waals surface area contributed by atoms with Crippen molar-refractivity contribution in [1.29, 1.82) is 0 Å². The fourth-order valence-corrected chi connectivity index (χ4v) is 3.35. The second-order valence-corrected chi connectivity index (χ2v) is 6.43. The maximum Gasteiger partial charge on any atom is 0.418 e. The number of rotatable bonds is 5. The highest BCUT2D eigenvalue weighted by Gasteiger charge is 2.35. The number of hydrogen-bond acceptors (Lipinski definition) is 2. The Labute approximate surface area is 146 Å². The van der Waals surface area contributed by atoms with Crippen LogP contribution in [0.3, 0.4) is 0 Å². The molecule has 1 fully saturated rings. The molecule has 0 atom stereocenters. The summed E-state index contributed by atoms with van der Waals surface area (Å²) in [5.41, 5.74) is 1.10. The lowest BCUT2D eigenvalue weighted by atomic mass is 10.1. The molecule has 0 unspecified atom stereocenters. The summed E-state index contributed by atoms with van der Waals surface area (Å²) in [6.45, 7) is 3.88. The van der Waals surface area contributed by atoms with Crippen molar-refractivity contribution in [2.75, 3.05) is 37.6 Å². The normalized spacial score (nSPS) is 16.2. The summed E-state index contributed by atoms with van der Waals surface area (Å²) in [5.74, 6) is 0. The van der Waals surface area contributed by atoms with Crippen molar-refractivity contribution in [3.8, 4) is 0 Å². The standard InChI is InChI=1S/C20H23F3N2/c21-20(22,23)18-10-4-5-11-19(18)25-15-13-24(14-16-25)12-6-9-17-7-2-1-3-8-17/h1-5,7-8,10-11H,6,9,12-16H2. The van der Waals surface area contributed by atoms with E-state index in [0.29, 0.717) is 18.8 Å². The topological polar surface area (TPSA) is 6.48 Å². The van der Waals surface area contributed by atoms with Gasteiger partial charge >= 0.3 is 6.18 Å². The molecule has 0 aromatic heterocycles. The summed E-state index contributed by atoms with van der Waals surface area (Å²) in [5, 5.41) is 0. The fraction of sp³-hybridized carbons (Fsp3) is 0.400. The van der Waals surface area contributed by atoms with E-state index in [9.17, 15) is 13.2 Å². The molecular weight excluding hydrogens is 325 g/mol. The van der Waals surface area contributed by atoms with Crippen LogP contribution in [0.5, 0.6) is 0 Å². The van der Waals surface area contributed by atoms with Gasteiger partial charge < -0.3 is 4.90 Å². The van der Waals surface area contributed by atoms with Crippen LogP contribution in [0, 0.1) is 0 Å². The van der Waals surface area contributed by atoms with Crippen molar-refractivity contribution in [2.24, 2.45) is 0 Å². The Morgan fingerprint density at radius 3 is 2.12 bits per heavy atom. The number of anilines is 1. The number of nitrogens with zero attached hydrogens (tertiary/aromatic N) is 2. The molecule has 0 N–H and O–H groups in total. The molecule has 3 rings (SSSR count). The molecule has 5 heteroatoms. The molecule has 0 aliphatic carbocycles. The molecule has 0 spiro atoms. The van der Waals surface area contributed by atoms with Crippen LogP contribution in [-0.2, 0) is 12.6 Å². The quantitative estimate of drug-likeness (QED) is 0.787. The molecule has 1 saturated heterocycles. The predicted molar refractivity (Wildman–Crippen MR) is 94.9 cm³/mol. The van der Waals surface area contributed by atoms with Crippen LogP contribution in [-0.4, -0.2) is 37.6 Å². The van der Waals surface area contributed by atoms with Crippen molar-refractivity contribution < 1.29 is 13.2 Å². The second-order valence-electron chi connectivity index (χ2n) is 6.43. The monoisotopic (exact) mass is 348 g/mol. The van der Waals surface area contributed by atoms with E-state index in [0.717, 1.165) is 32.5 Å². The van der Waals surface area contributed by atoms with Gasteiger partial charge in [-0.25, -0.2) is 0 Å². The van der Waals surface area contributed by atoms with E-state index in [4.69, 9.17) is 0 Å². The number of para-hydroxylation sites is 1. The summed E-state index contributed by atoms with van der Waals surface area (Å²) in [4.78, 5) is 4.20. The Bertz CT molecular complexity index is 662. The third kappa shape index (κ3) is 4.75. The van der Waals surface area contributed by atoms with Crippen LogP contribution in [0.25, 0.3) is 0 Å². The van der Waals surface area contributed by atoms with Gasteiger partial charge in [-0.2, -0.15) is 13.2 Å². The molecule has 134 valence electrons. The van der Waals surface area contributed by atoms with Crippen LogP contribution < -0.4 is 4.90 Å². The highest BCUT2D eigenvalue weighted by molar-refractivity contribution is 5.55. The molecule has 2 nitrogen and oxygen atoms in total. The van der Waals surface area contributed by atoms with E-state index < -0.39 is 11.7 Å². The minimum Gasteiger partial charge on any atom is -0.368 e. The van der Waals surface area contributed by atoms with Gasteiger partial charge in [0.25, 0.3) is 0 Å².